The lowest BCUT2D eigenvalue weighted by Gasteiger charge is -2.32. The van der Waals surface area contributed by atoms with Crippen LogP contribution in [0.3, 0.4) is 0 Å². The van der Waals surface area contributed by atoms with E-state index in [0.717, 1.165) is 5.69 Å². The molecule has 0 unspecified atom stereocenters. The monoisotopic (exact) mass is 233 g/mol. The first-order valence-corrected chi connectivity index (χ1v) is 5.97. The first-order chi connectivity index (χ1) is 7.83. The second kappa shape index (κ2) is 4.04. The summed E-state index contributed by atoms with van der Waals surface area (Å²) in [6.45, 7) is 8.25. The molecule has 17 heavy (non-hydrogen) atoms. The lowest BCUT2D eigenvalue weighted by Crippen LogP contribution is -2.41. The summed E-state index contributed by atoms with van der Waals surface area (Å²) in [6, 6.07) is 10.1. The Kier molecular flexibility index (Phi) is 2.96. The topological polar surface area (TPSA) is 21.7 Å². The molecule has 0 spiro atoms. The first-order valence-electron chi connectivity index (χ1n) is 5.97. The Hall–Kier alpha value is -0.995. The van der Waals surface area contributed by atoms with Crippen LogP contribution in [0.4, 0.5) is 5.69 Å². The fourth-order valence-corrected chi connectivity index (χ4v) is 1.75. The van der Waals surface area contributed by atoms with Gasteiger partial charge >= 0.3 is 7.25 Å². The maximum Gasteiger partial charge on any atom is 0.593 e. The molecule has 0 atom stereocenters. The van der Waals surface area contributed by atoms with Gasteiger partial charge in [0.05, 0.1) is 11.2 Å². The average Bonchev–Trinajstić information content (AvgIpc) is 2.48. The zero-order valence-electron chi connectivity index (χ0n) is 11.2. The summed E-state index contributed by atoms with van der Waals surface area (Å²) >= 11 is 0. The number of para-hydroxylation sites is 1. The lowest BCUT2D eigenvalue weighted by molar-refractivity contribution is 0.00578. The molecule has 0 aliphatic carbocycles. The quantitative estimate of drug-likeness (QED) is 0.733. The van der Waals surface area contributed by atoms with Gasteiger partial charge in [-0.25, -0.2) is 0 Å². The smallest absolute Gasteiger partial charge is 0.384 e. The van der Waals surface area contributed by atoms with Crippen LogP contribution in [0.15, 0.2) is 30.3 Å². The Morgan fingerprint density at radius 3 is 1.88 bits per heavy atom. The van der Waals surface area contributed by atoms with E-state index in [1.54, 1.807) is 0 Å². The van der Waals surface area contributed by atoms with Crippen LogP contribution in [0.5, 0.6) is 0 Å². The van der Waals surface area contributed by atoms with Crippen molar-refractivity contribution in [1.82, 2.24) is 0 Å². The second-order valence-electron chi connectivity index (χ2n) is 5.51. The minimum absolute atomic E-state index is 0.291. The van der Waals surface area contributed by atoms with Crippen molar-refractivity contribution in [3.05, 3.63) is 30.3 Å². The van der Waals surface area contributed by atoms with Gasteiger partial charge in [0.2, 0.25) is 0 Å². The summed E-state index contributed by atoms with van der Waals surface area (Å²) in [5, 5.41) is 0. The highest BCUT2D eigenvalue weighted by Gasteiger charge is 2.53. The van der Waals surface area contributed by atoms with Gasteiger partial charge in [-0.05, 0) is 46.9 Å². The molecule has 1 aliphatic rings. The summed E-state index contributed by atoms with van der Waals surface area (Å²) in [5.41, 5.74) is 0.507. The number of hydrogen-bond acceptors (Lipinski definition) is 3. The molecule has 0 amide bonds. The van der Waals surface area contributed by atoms with Crippen molar-refractivity contribution >= 4 is 12.9 Å². The second-order valence-corrected chi connectivity index (χ2v) is 5.51. The lowest BCUT2D eigenvalue weighted by atomic mass is 9.90. The SMILES string of the molecule is CN(B1OC(C)(C)C(C)(C)O1)c1ccccc1. The van der Waals surface area contributed by atoms with Gasteiger partial charge in [-0.3, -0.25) is 0 Å². The van der Waals surface area contributed by atoms with E-state index >= 15 is 0 Å². The Balaban J connectivity index is 2.17. The molecule has 1 aromatic rings. The first kappa shape index (κ1) is 12.5. The van der Waals surface area contributed by atoms with Gasteiger partial charge in [0.15, 0.2) is 0 Å². The van der Waals surface area contributed by atoms with E-state index in [-0.39, 0.29) is 18.5 Å². The zero-order chi connectivity index (χ0) is 12.7. The molecule has 0 radical (unpaired) electrons. The molecule has 0 aromatic heterocycles. The van der Waals surface area contributed by atoms with E-state index in [0.29, 0.717) is 0 Å². The number of anilines is 1. The van der Waals surface area contributed by atoms with Crippen LogP contribution in [-0.2, 0) is 9.31 Å². The molecule has 0 bridgehead atoms. The van der Waals surface area contributed by atoms with Crippen molar-refractivity contribution in [3.8, 4) is 0 Å². The summed E-state index contributed by atoms with van der Waals surface area (Å²) in [7, 11) is 1.65. The normalized spacial score (nSPS) is 21.6. The summed E-state index contributed by atoms with van der Waals surface area (Å²) < 4.78 is 12.0. The van der Waals surface area contributed by atoms with Crippen LogP contribution in [0.2, 0.25) is 0 Å². The number of benzene rings is 1. The molecule has 1 fully saturated rings. The Morgan fingerprint density at radius 2 is 1.41 bits per heavy atom. The van der Waals surface area contributed by atoms with Crippen molar-refractivity contribution in [2.75, 3.05) is 11.9 Å². The van der Waals surface area contributed by atoms with Crippen LogP contribution >= 0.6 is 0 Å². The third-order valence-corrected chi connectivity index (χ3v) is 3.72. The molecule has 3 nitrogen and oxygen atoms in total. The van der Waals surface area contributed by atoms with E-state index in [9.17, 15) is 0 Å². The fourth-order valence-electron chi connectivity index (χ4n) is 1.75. The fraction of sp³-hybridized carbons (Fsp3) is 0.538. The molecular formula is C13H20BNO2. The van der Waals surface area contributed by atoms with Gasteiger partial charge in [-0.1, -0.05) is 18.2 Å². The number of rotatable bonds is 2. The number of hydrogen-bond donors (Lipinski definition) is 0. The van der Waals surface area contributed by atoms with Gasteiger partial charge in [0.25, 0.3) is 0 Å². The van der Waals surface area contributed by atoms with Crippen molar-refractivity contribution in [1.29, 1.82) is 0 Å². The van der Waals surface area contributed by atoms with Crippen LogP contribution < -0.4 is 4.81 Å². The van der Waals surface area contributed by atoms with Crippen molar-refractivity contribution in [2.45, 2.75) is 38.9 Å². The van der Waals surface area contributed by atoms with E-state index in [1.165, 1.54) is 0 Å². The van der Waals surface area contributed by atoms with Gasteiger partial charge in [0, 0.05) is 5.69 Å². The maximum atomic E-state index is 5.98. The summed E-state index contributed by atoms with van der Waals surface area (Å²) in [5.74, 6) is 0. The van der Waals surface area contributed by atoms with Crippen LogP contribution in [0.25, 0.3) is 0 Å². The molecule has 1 heterocycles. The van der Waals surface area contributed by atoms with Gasteiger partial charge in [-0.2, -0.15) is 0 Å². The van der Waals surface area contributed by atoms with E-state index < -0.39 is 0 Å². The van der Waals surface area contributed by atoms with Gasteiger partial charge in [-0.15, -0.1) is 0 Å². The van der Waals surface area contributed by atoms with E-state index in [1.807, 2.05) is 42.2 Å². The largest absolute Gasteiger partial charge is 0.593 e. The van der Waals surface area contributed by atoms with Crippen molar-refractivity contribution < 1.29 is 9.31 Å². The van der Waals surface area contributed by atoms with Gasteiger partial charge < -0.3 is 14.1 Å². The highest BCUT2D eigenvalue weighted by molar-refractivity contribution is 6.50. The Bertz CT molecular complexity index is 376. The third kappa shape index (κ3) is 2.19. The molecule has 0 saturated carbocycles. The summed E-state index contributed by atoms with van der Waals surface area (Å²) in [4.78, 5) is 2.01. The van der Waals surface area contributed by atoms with E-state index in [4.69, 9.17) is 9.31 Å². The Labute approximate surface area is 104 Å². The predicted molar refractivity (Wildman–Crippen MR) is 70.9 cm³/mol. The molecule has 4 heteroatoms. The maximum absolute atomic E-state index is 5.98. The minimum atomic E-state index is -0.331. The average molecular weight is 233 g/mol. The van der Waals surface area contributed by atoms with E-state index in [2.05, 4.69) is 27.7 Å². The molecule has 1 aliphatic heterocycles. The molecule has 2 rings (SSSR count). The van der Waals surface area contributed by atoms with Crippen LogP contribution in [0, 0.1) is 0 Å². The molecule has 1 aromatic carbocycles. The van der Waals surface area contributed by atoms with Crippen LogP contribution in [0.1, 0.15) is 27.7 Å². The zero-order valence-corrected chi connectivity index (χ0v) is 11.2. The third-order valence-electron chi connectivity index (χ3n) is 3.72. The Morgan fingerprint density at radius 1 is 0.941 bits per heavy atom. The highest BCUT2D eigenvalue weighted by atomic mass is 16.7. The predicted octanol–water partition coefficient (Wildman–Crippen LogP) is 2.71. The number of nitrogens with zero attached hydrogens (tertiary/aromatic N) is 1. The molecule has 0 N–H and O–H groups in total. The molecule has 92 valence electrons. The standard InChI is InChI=1S/C13H20BNO2/c1-12(2)13(3,4)17-14(16-12)15(5)11-9-7-6-8-10-11/h6-10H,1-5H3. The summed E-state index contributed by atoms with van der Waals surface area (Å²) in [6.07, 6.45) is 0. The van der Waals surface area contributed by atoms with Crippen molar-refractivity contribution in [3.63, 3.8) is 0 Å². The van der Waals surface area contributed by atoms with Crippen LogP contribution in [-0.4, -0.2) is 25.5 Å². The van der Waals surface area contributed by atoms with Gasteiger partial charge in [0.1, 0.15) is 0 Å². The van der Waals surface area contributed by atoms with Crippen molar-refractivity contribution in [2.24, 2.45) is 0 Å². The molecular weight excluding hydrogens is 213 g/mol. The minimum Gasteiger partial charge on any atom is -0.384 e. The molecule has 1 saturated heterocycles. The highest BCUT2D eigenvalue weighted by Crippen LogP contribution is 2.38.